The Bertz CT molecular complexity index is 358. The molecule has 0 radical (unpaired) electrons. The molecule has 0 aliphatic heterocycles. The van der Waals surface area contributed by atoms with Gasteiger partial charge in [0.25, 0.3) is 0 Å². The van der Waals surface area contributed by atoms with Crippen molar-refractivity contribution in [3.63, 3.8) is 0 Å². The van der Waals surface area contributed by atoms with Crippen molar-refractivity contribution in [2.75, 3.05) is 0 Å². The van der Waals surface area contributed by atoms with Crippen molar-refractivity contribution in [3.8, 4) is 0 Å². The predicted molar refractivity (Wildman–Crippen MR) is 88.9 cm³/mol. The molecule has 4 heteroatoms. The molecule has 0 spiro atoms. The first-order valence-corrected chi connectivity index (χ1v) is 8.32. The van der Waals surface area contributed by atoms with Crippen LogP contribution in [0.2, 0.25) is 0 Å². The van der Waals surface area contributed by atoms with Crippen LogP contribution in [0.15, 0.2) is 24.3 Å². The van der Waals surface area contributed by atoms with Crippen molar-refractivity contribution in [2.24, 2.45) is 5.92 Å². The first-order valence-electron chi connectivity index (χ1n) is 8.32. The van der Waals surface area contributed by atoms with E-state index in [9.17, 15) is 9.59 Å². The standard InChI is InChI=1S/C18H30O4/c1-2-3-4-5-6-7-8-9-10-11-12-13-14-16(18(21)22)15-17(19)20/h9-10,12-13,16H,2-8,11,14-15H2,1H3,(H,19,20)(H,21,22)/b10-9+,13-12+. The van der Waals surface area contributed by atoms with Gasteiger partial charge in [0, 0.05) is 0 Å². The van der Waals surface area contributed by atoms with Crippen LogP contribution >= 0.6 is 0 Å². The second kappa shape index (κ2) is 14.4. The Morgan fingerprint density at radius 3 is 2.18 bits per heavy atom. The quantitative estimate of drug-likeness (QED) is 0.357. The number of hydrogen-bond acceptors (Lipinski definition) is 2. The summed E-state index contributed by atoms with van der Waals surface area (Å²) in [5.74, 6) is -2.95. The fraction of sp³-hybridized carbons (Fsp3) is 0.667. The van der Waals surface area contributed by atoms with E-state index < -0.39 is 17.9 Å². The maximum absolute atomic E-state index is 10.9. The number of carboxylic acid groups (broad SMARTS) is 2. The molecular weight excluding hydrogens is 280 g/mol. The number of rotatable bonds is 14. The van der Waals surface area contributed by atoms with Gasteiger partial charge in [-0.3, -0.25) is 9.59 Å². The molecule has 0 aliphatic carbocycles. The molecule has 1 unspecified atom stereocenters. The summed E-state index contributed by atoms with van der Waals surface area (Å²) in [6.07, 6.45) is 17.5. The zero-order valence-electron chi connectivity index (χ0n) is 13.7. The van der Waals surface area contributed by atoms with Crippen molar-refractivity contribution < 1.29 is 19.8 Å². The SMILES string of the molecule is CCCCCCCC/C=C/C/C=C/CC(CC(=O)O)C(=O)O. The van der Waals surface area contributed by atoms with Gasteiger partial charge in [0.15, 0.2) is 0 Å². The minimum absolute atomic E-state index is 0.271. The molecule has 0 bridgehead atoms. The Morgan fingerprint density at radius 1 is 0.909 bits per heavy atom. The molecule has 4 nitrogen and oxygen atoms in total. The third-order valence-electron chi connectivity index (χ3n) is 3.52. The van der Waals surface area contributed by atoms with E-state index in [1.165, 1.54) is 38.5 Å². The molecule has 2 N–H and O–H groups in total. The summed E-state index contributed by atoms with van der Waals surface area (Å²) in [6, 6.07) is 0. The highest BCUT2D eigenvalue weighted by molar-refractivity contribution is 5.77. The van der Waals surface area contributed by atoms with Gasteiger partial charge in [-0.05, 0) is 25.7 Å². The van der Waals surface area contributed by atoms with Crippen LogP contribution < -0.4 is 0 Å². The van der Waals surface area contributed by atoms with E-state index in [4.69, 9.17) is 10.2 Å². The molecule has 0 amide bonds. The van der Waals surface area contributed by atoms with Crippen LogP contribution in [0.5, 0.6) is 0 Å². The fourth-order valence-corrected chi connectivity index (χ4v) is 2.17. The third-order valence-corrected chi connectivity index (χ3v) is 3.52. The normalized spacial score (nSPS) is 13.0. The summed E-state index contributed by atoms with van der Waals surface area (Å²) in [7, 11) is 0. The number of carboxylic acids is 2. The summed E-state index contributed by atoms with van der Waals surface area (Å²) in [4.78, 5) is 21.4. The zero-order valence-corrected chi connectivity index (χ0v) is 13.7. The Hall–Kier alpha value is -1.58. The van der Waals surface area contributed by atoms with Crippen LogP contribution in [0, 0.1) is 5.92 Å². The molecule has 1 atom stereocenters. The molecule has 0 aliphatic rings. The lowest BCUT2D eigenvalue weighted by atomic mass is 10.0. The van der Waals surface area contributed by atoms with Gasteiger partial charge in [-0.1, -0.05) is 63.3 Å². The average Bonchev–Trinajstić information content (AvgIpc) is 2.46. The van der Waals surface area contributed by atoms with E-state index in [0.29, 0.717) is 0 Å². The van der Waals surface area contributed by atoms with Crippen molar-refractivity contribution in [2.45, 2.75) is 71.1 Å². The van der Waals surface area contributed by atoms with E-state index >= 15 is 0 Å². The lowest BCUT2D eigenvalue weighted by Crippen LogP contribution is -2.16. The average molecular weight is 310 g/mol. The molecule has 0 aromatic rings. The lowest BCUT2D eigenvalue weighted by Gasteiger charge is -2.05. The number of aliphatic carboxylic acids is 2. The van der Waals surface area contributed by atoms with Crippen LogP contribution in [0.4, 0.5) is 0 Å². The minimum Gasteiger partial charge on any atom is -0.481 e. The van der Waals surface area contributed by atoms with Crippen molar-refractivity contribution in [1.82, 2.24) is 0 Å². The van der Waals surface area contributed by atoms with E-state index in [0.717, 1.165) is 12.8 Å². The maximum Gasteiger partial charge on any atom is 0.307 e. The Balaban J connectivity index is 3.65. The van der Waals surface area contributed by atoms with E-state index in [-0.39, 0.29) is 12.8 Å². The van der Waals surface area contributed by atoms with Gasteiger partial charge < -0.3 is 10.2 Å². The molecule has 22 heavy (non-hydrogen) atoms. The minimum atomic E-state index is -1.07. The largest absolute Gasteiger partial charge is 0.481 e. The third kappa shape index (κ3) is 13.4. The number of hydrogen-bond donors (Lipinski definition) is 2. The fourth-order valence-electron chi connectivity index (χ4n) is 2.17. The molecule has 0 saturated carbocycles. The number of allylic oxidation sites excluding steroid dienone is 4. The Morgan fingerprint density at radius 2 is 1.55 bits per heavy atom. The monoisotopic (exact) mass is 310 g/mol. The maximum atomic E-state index is 10.9. The molecule has 0 heterocycles. The first-order chi connectivity index (χ1) is 10.6. The smallest absolute Gasteiger partial charge is 0.307 e. The highest BCUT2D eigenvalue weighted by atomic mass is 16.4. The number of unbranched alkanes of at least 4 members (excludes halogenated alkanes) is 6. The van der Waals surface area contributed by atoms with Crippen LogP contribution in [0.3, 0.4) is 0 Å². The Labute approximate surface area is 133 Å². The topological polar surface area (TPSA) is 74.6 Å². The molecule has 0 rings (SSSR count). The summed E-state index contributed by atoms with van der Waals surface area (Å²) in [5.41, 5.74) is 0. The second-order valence-corrected chi connectivity index (χ2v) is 5.60. The highest BCUT2D eigenvalue weighted by Gasteiger charge is 2.18. The summed E-state index contributed by atoms with van der Waals surface area (Å²) in [6.45, 7) is 2.22. The number of carbonyl (C=O) groups is 2. The van der Waals surface area contributed by atoms with Gasteiger partial charge in [-0.25, -0.2) is 0 Å². The van der Waals surface area contributed by atoms with Gasteiger partial charge in [-0.15, -0.1) is 0 Å². The van der Waals surface area contributed by atoms with Gasteiger partial charge in [0.05, 0.1) is 12.3 Å². The van der Waals surface area contributed by atoms with Crippen LogP contribution in [0.1, 0.15) is 71.1 Å². The second-order valence-electron chi connectivity index (χ2n) is 5.60. The molecule has 126 valence electrons. The zero-order chi connectivity index (χ0) is 16.6. The van der Waals surface area contributed by atoms with Crippen molar-refractivity contribution >= 4 is 11.9 Å². The van der Waals surface area contributed by atoms with Crippen molar-refractivity contribution in [3.05, 3.63) is 24.3 Å². The molecule has 0 saturated heterocycles. The molecule has 0 aromatic heterocycles. The van der Waals surface area contributed by atoms with E-state index in [2.05, 4.69) is 19.1 Å². The molecule has 0 aromatic carbocycles. The van der Waals surface area contributed by atoms with Crippen LogP contribution in [-0.4, -0.2) is 22.2 Å². The van der Waals surface area contributed by atoms with Gasteiger partial charge >= 0.3 is 11.9 Å². The van der Waals surface area contributed by atoms with Gasteiger partial charge in [0.1, 0.15) is 0 Å². The van der Waals surface area contributed by atoms with Gasteiger partial charge in [-0.2, -0.15) is 0 Å². The predicted octanol–water partition coefficient (Wildman–Crippen LogP) is 4.81. The summed E-state index contributed by atoms with van der Waals surface area (Å²) in [5, 5.41) is 17.5. The summed E-state index contributed by atoms with van der Waals surface area (Å²) >= 11 is 0. The van der Waals surface area contributed by atoms with Crippen LogP contribution in [0.25, 0.3) is 0 Å². The summed E-state index contributed by atoms with van der Waals surface area (Å²) < 4.78 is 0. The molecule has 0 fully saturated rings. The van der Waals surface area contributed by atoms with E-state index in [1.54, 1.807) is 6.08 Å². The Kier molecular flexibility index (Phi) is 13.3. The van der Waals surface area contributed by atoms with Crippen molar-refractivity contribution in [1.29, 1.82) is 0 Å². The first kappa shape index (κ1) is 20.4. The highest BCUT2D eigenvalue weighted by Crippen LogP contribution is 2.10. The lowest BCUT2D eigenvalue weighted by molar-refractivity contribution is -0.148. The molecular formula is C18H30O4. The van der Waals surface area contributed by atoms with Gasteiger partial charge in [0.2, 0.25) is 0 Å². The van der Waals surface area contributed by atoms with Crippen LogP contribution in [-0.2, 0) is 9.59 Å². The van der Waals surface area contributed by atoms with E-state index in [1.807, 2.05) is 6.08 Å².